The Balaban J connectivity index is 1.90. The second kappa shape index (κ2) is 7.26. The molecule has 2 amide bonds. The highest BCUT2D eigenvalue weighted by Gasteiger charge is 2.19. The third kappa shape index (κ3) is 3.71. The number of benzene rings is 1. The van der Waals surface area contributed by atoms with Gasteiger partial charge in [0.2, 0.25) is 0 Å². The van der Waals surface area contributed by atoms with Crippen molar-refractivity contribution in [1.29, 1.82) is 0 Å². The Bertz CT molecular complexity index is 449. The first kappa shape index (κ1) is 14.8. The van der Waals surface area contributed by atoms with Gasteiger partial charge in [-0.05, 0) is 17.7 Å². The molecule has 0 saturated carbocycles. The number of hydrogen-bond acceptors (Lipinski definition) is 3. The summed E-state index contributed by atoms with van der Waals surface area (Å²) in [4.78, 5) is 15.7. The summed E-state index contributed by atoms with van der Waals surface area (Å²) >= 11 is 0. The van der Waals surface area contributed by atoms with Gasteiger partial charge in [-0.2, -0.15) is 0 Å². The maximum Gasteiger partial charge on any atom is 0.317 e. The average Bonchev–Trinajstić information content (AvgIpc) is 2.89. The van der Waals surface area contributed by atoms with E-state index in [1.807, 2.05) is 11.0 Å². The molecule has 0 bridgehead atoms. The van der Waals surface area contributed by atoms with E-state index in [1.165, 1.54) is 11.1 Å². The summed E-state index contributed by atoms with van der Waals surface area (Å²) in [6.07, 6.45) is 0. The predicted molar refractivity (Wildman–Crippen MR) is 80.3 cm³/mol. The van der Waals surface area contributed by atoms with Crippen LogP contribution in [0.3, 0.4) is 0 Å². The molecule has 5 nitrogen and oxygen atoms in total. The summed E-state index contributed by atoms with van der Waals surface area (Å²) in [7, 11) is 0. The fourth-order valence-corrected chi connectivity index (χ4v) is 2.49. The summed E-state index contributed by atoms with van der Waals surface area (Å²) in [6, 6.07) is 8.35. The molecule has 20 heavy (non-hydrogen) atoms. The third-order valence-electron chi connectivity index (χ3n) is 3.81. The minimum Gasteiger partial charge on any atom is -0.336 e. The van der Waals surface area contributed by atoms with E-state index in [0.717, 1.165) is 39.3 Å². The number of nitrogens with two attached hydrogens (primary N) is 1. The average molecular weight is 276 g/mol. The maximum absolute atomic E-state index is 11.5. The Morgan fingerprint density at radius 3 is 2.70 bits per heavy atom. The van der Waals surface area contributed by atoms with Gasteiger partial charge < -0.3 is 16.0 Å². The van der Waals surface area contributed by atoms with Gasteiger partial charge in [0, 0.05) is 39.3 Å². The van der Waals surface area contributed by atoms with Crippen LogP contribution in [-0.2, 0) is 13.1 Å². The van der Waals surface area contributed by atoms with E-state index in [-0.39, 0.29) is 6.03 Å². The van der Waals surface area contributed by atoms with Crippen LogP contribution in [0.15, 0.2) is 24.3 Å². The minimum absolute atomic E-state index is 0.0587. The van der Waals surface area contributed by atoms with Crippen LogP contribution in [0.25, 0.3) is 0 Å². The fraction of sp³-hybridized carbons (Fsp3) is 0.533. The zero-order valence-corrected chi connectivity index (χ0v) is 12.1. The largest absolute Gasteiger partial charge is 0.336 e. The summed E-state index contributed by atoms with van der Waals surface area (Å²) < 4.78 is 0. The first-order valence-corrected chi connectivity index (χ1v) is 7.26. The van der Waals surface area contributed by atoms with Gasteiger partial charge in [0.15, 0.2) is 0 Å². The van der Waals surface area contributed by atoms with Gasteiger partial charge in [0.25, 0.3) is 0 Å². The number of carbonyl (C=O) groups excluding carboxylic acids is 1. The van der Waals surface area contributed by atoms with Crippen LogP contribution in [0.4, 0.5) is 4.79 Å². The molecule has 3 N–H and O–H groups in total. The van der Waals surface area contributed by atoms with Crippen molar-refractivity contribution in [3.63, 3.8) is 0 Å². The van der Waals surface area contributed by atoms with Crippen LogP contribution < -0.4 is 11.1 Å². The van der Waals surface area contributed by atoms with Crippen molar-refractivity contribution in [3.05, 3.63) is 35.4 Å². The van der Waals surface area contributed by atoms with Crippen molar-refractivity contribution in [2.45, 2.75) is 20.0 Å². The van der Waals surface area contributed by atoms with Crippen LogP contribution in [-0.4, -0.2) is 48.6 Å². The van der Waals surface area contributed by atoms with E-state index >= 15 is 0 Å². The van der Waals surface area contributed by atoms with E-state index in [1.54, 1.807) is 0 Å². The van der Waals surface area contributed by atoms with E-state index in [9.17, 15) is 4.79 Å². The smallest absolute Gasteiger partial charge is 0.317 e. The Morgan fingerprint density at radius 1 is 1.35 bits per heavy atom. The molecule has 5 heteroatoms. The van der Waals surface area contributed by atoms with Gasteiger partial charge in [-0.3, -0.25) is 4.90 Å². The lowest BCUT2D eigenvalue weighted by atomic mass is 10.1. The van der Waals surface area contributed by atoms with E-state index < -0.39 is 0 Å². The van der Waals surface area contributed by atoms with Crippen molar-refractivity contribution in [1.82, 2.24) is 15.1 Å². The number of rotatable bonds is 7. The molecule has 1 aromatic carbocycles. The van der Waals surface area contributed by atoms with Crippen molar-refractivity contribution < 1.29 is 4.79 Å². The molecule has 0 aliphatic carbocycles. The highest BCUT2D eigenvalue weighted by atomic mass is 16.2. The number of hydrogen-bond donors (Lipinski definition) is 2. The Kier molecular flexibility index (Phi) is 5.38. The molecule has 1 aromatic rings. The van der Waals surface area contributed by atoms with Gasteiger partial charge in [0.05, 0.1) is 0 Å². The topological polar surface area (TPSA) is 61.6 Å². The van der Waals surface area contributed by atoms with Crippen molar-refractivity contribution in [2.75, 3.05) is 32.7 Å². The summed E-state index contributed by atoms with van der Waals surface area (Å²) in [5, 5.41) is 2.83. The first-order chi connectivity index (χ1) is 9.74. The molecule has 0 spiro atoms. The van der Waals surface area contributed by atoms with E-state index in [4.69, 9.17) is 5.73 Å². The predicted octanol–water partition coefficient (Wildman–Crippen LogP) is 0.992. The molecule has 0 atom stereocenters. The SMILES string of the molecule is CCN(CCN1CCNC1=O)Cc1ccccc1CN. The van der Waals surface area contributed by atoms with Crippen molar-refractivity contribution in [2.24, 2.45) is 5.73 Å². The summed E-state index contributed by atoms with van der Waals surface area (Å²) in [5.41, 5.74) is 8.26. The van der Waals surface area contributed by atoms with Gasteiger partial charge in [-0.15, -0.1) is 0 Å². The normalized spacial score (nSPS) is 14.9. The standard InChI is InChI=1S/C15H24N4O/c1-2-18(9-10-19-8-7-17-15(19)20)12-14-6-4-3-5-13(14)11-16/h3-6H,2,7-12,16H2,1H3,(H,17,20). The van der Waals surface area contributed by atoms with Gasteiger partial charge in [0.1, 0.15) is 0 Å². The molecule has 2 rings (SSSR count). The lowest BCUT2D eigenvalue weighted by molar-refractivity contribution is 0.201. The molecule has 1 aliphatic heterocycles. The van der Waals surface area contributed by atoms with Gasteiger partial charge >= 0.3 is 6.03 Å². The number of urea groups is 1. The number of nitrogens with one attached hydrogen (secondary N) is 1. The first-order valence-electron chi connectivity index (χ1n) is 7.26. The van der Waals surface area contributed by atoms with Crippen LogP contribution in [0.2, 0.25) is 0 Å². The Hall–Kier alpha value is -1.59. The zero-order valence-electron chi connectivity index (χ0n) is 12.1. The second-order valence-corrected chi connectivity index (χ2v) is 5.06. The molecule has 0 unspecified atom stereocenters. The van der Waals surface area contributed by atoms with Crippen molar-refractivity contribution in [3.8, 4) is 0 Å². The number of nitrogens with zero attached hydrogens (tertiary/aromatic N) is 2. The van der Waals surface area contributed by atoms with Crippen LogP contribution in [0.5, 0.6) is 0 Å². The third-order valence-corrected chi connectivity index (χ3v) is 3.81. The minimum atomic E-state index is 0.0587. The molecular weight excluding hydrogens is 252 g/mol. The molecule has 0 radical (unpaired) electrons. The lowest BCUT2D eigenvalue weighted by Crippen LogP contribution is -2.36. The van der Waals surface area contributed by atoms with Crippen LogP contribution >= 0.6 is 0 Å². The summed E-state index contributed by atoms with van der Waals surface area (Å²) in [5.74, 6) is 0. The number of amides is 2. The highest BCUT2D eigenvalue weighted by molar-refractivity contribution is 5.76. The second-order valence-electron chi connectivity index (χ2n) is 5.06. The molecule has 1 saturated heterocycles. The van der Waals surface area contributed by atoms with Gasteiger partial charge in [-0.1, -0.05) is 31.2 Å². The van der Waals surface area contributed by atoms with Crippen LogP contribution in [0, 0.1) is 0 Å². The molecule has 0 aromatic heterocycles. The fourth-order valence-electron chi connectivity index (χ4n) is 2.49. The Labute approximate surface area is 120 Å². The molecule has 110 valence electrons. The number of carbonyl (C=O) groups is 1. The van der Waals surface area contributed by atoms with E-state index in [0.29, 0.717) is 6.54 Å². The molecule has 1 heterocycles. The molecule has 1 aliphatic rings. The maximum atomic E-state index is 11.5. The molecule has 1 fully saturated rings. The highest BCUT2D eigenvalue weighted by Crippen LogP contribution is 2.11. The number of likely N-dealkylation sites (N-methyl/N-ethyl adjacent to an activating group) is 1. The van der Waals surface area contributed by atoms with Crippen LogP contribution in [0.1, 0.15) is 18.1 Å². The van der Waals surface area contributed by atoms with E-state index in [2.05, 4.69) is 35.3 Å². The quantitative estimate of drug-likeness (QED) is 0.781. The monoisotopic (exact) mass is 276 g/mol. The Morgan fingerprint density at radius 2 is 2.10 bits per heavy atom. The van der Waals surface area contributed by atoms with Crippen molar-refractivity contribution >= 4 is 6.03 Å². The zero-order chi connectivity index (χ0) is 14.4. The summed E-state index contributed by atoms with van der Waals surface area (Å²) in [6.45, 7) is 7.83. The lowest BCUT2D eigenvalue weighted by Gasteiger charge is -2.24. The van der Waals surface area contributed by atoms with Gasteiger partial charge in [-0.25, -0.2) is 4.79 Å². The molecular formula is C15H24N4O.